The van der Waals surface area contributed by atoms with Crippen molar-refractivity contribution in [3.05, 3.63) is 57.2 Å². The van der Waals surface area contributed by atoms with Gasteiger partial charge >= 0.3 is 0 Å². The van der Waals surface area contributed by atoms with E-state index < -0.39 is 0 Å². The lowest BCUT2D eigenvalue weighted by Gasteiger charge is -2.03. The lowest BCUT2D eigenvalue weighted by molar-refractivity contribution is 0.0766. The van der Waals surface area contributed by atoms with Gasteiger partial charge in [-0.25, -0.2) is 0 Å². The third kappa shape index (κ3) is 3.95. The predicted octanol–water partition coefficient (Wildman–Crippen LogP) is 3.84. The summed E-state index contributed by atoms with van der Waals surface area (Å²) in [6.45, 7) is 0.665. The molecule has 2 rings (SSSR count). The number of benzene rings is 1. The summed E-state index contributed by atoms with van der Waals surface area (Å²) >= 11 is 7.52. The Labute approximate surface area is 115 Å². The highest BCUT2D eigenvalue weighted by Crippen LogP contribution is 2.12. The monoisotopic (exact) mass is 280 g/mol. The van der Waals surface area contributed by atoms with E-state index in [1.807, 2.05) is 11.4 Å². The van der Waals surface area contributed by atoms with Crippen LogP contribution in [0.5, 0.6) is 0 Å². The van der Waals surface area contributed by atoms with Gasteiger partial charge in [0.25, 0.3) is 0 Å². The Balaban J connectivity index is 1.75. The predicted molar refractivity (Wildman–Crippen MR) is 74.6 cm³/mol. The maximum atomic E-state index is 11.8. The fourth-order valence-corrected chi connectivity index (χ4v) is 2.42. The SMILES string of the molecule is O=C(COCCc1cccs1)c1cccc(Cl)c1. The number of ether oxygens (including phenoxy) is 1. The zero-order chi connectivity index (χ0) is 12.8. The van der Waals surface area contributed by atoms with Gasteiger partial charge in [-0.15, -0.1) is 11.3 Å². The summed E-state index contributed by atoms with van der Waals surface area (Å²) in [6.07, 6.45) is 0.848. The molecule has 0 amide bonds. The molecule has 0 spiro atoms. The van der Waals surface area contributed by atoms with Crippen LogP contribution in [-0.4, -0.2) is 19.0 Å². The van der Waals surface area contributed by atoms with Crippen LogP contribution >= 0.6 is 22.9 Å². The molecule has 4 heteroatoms. The first-order valence-electron chi connectivity index (χ1n) is 5.64. The molecule has 1 aromatic carbocycles. The average Bonchev–Trinajstić information content (AvgIpc) is 2.87. The lowest BCUT2D eigenvalue weighted by Crippen LogP contribution is -2.10. The van der Waals surface area contributed by atoms with Gasteiger partial charge in [-0.3, -0.25) is 4.79 Å². The minimum Gasteiger partial charge on any atom is -0.373 e. The summed E-state index contributed by atoms with van der Waals surface area (Å²) in [4.78, 5) is 13.0. The standard InChI is InChI=1S/C14H13ClO2S/c15-12-4-1-3-11(9-12)14(16)10-17-7-6-13-5-2-8-18-13/h1-5,8-9H,6-7,10H2. The van der Waals surface area contributed by atoms with Gasteiger partial charge in [-0.05, 0) is 23.6 Å². The molecule has 1 aromatic heterocycles. The van der Waals surface area contributed by atoms with Crippen LogP contribution in [0, 0.1) is 0 Å². The van der Waals surface area contributed by atoms with Crippen molar-refractivity contribution in [2.24, 2.45) is 0 Å². The van der Waals surface area contributed by atoms with Crippen LogP contribution in [0.3, 0.4) is 0 Å². The van der Waals surface area contributed by atoms with Gasteiger partial charge in [0.1, 0.15) is 6.61 Å². The molecule has 0 radical (unpaired) electrons. The molecule has 0 N–H and O–H groups in total. The highest BCUT2D eigenvalue weighted by atomic mass is 35.5. The first-order valence-corrected chi connectivity index (χ1v) is 6.90. The van der Waals surface area contributed by atoms with Crippen molar-refractivity contribution >= 4 is 28.7 Å². The molecule has 0 saturated heterocycles. The minimum absolute atomic E-state index is 0.0383. The molecule has 0 bridgehead atoms. The van der Waals surface area contributed by atoms with Gasteiger partial charge in [0.15, 0.2) is 5.78 Å². The maximum Gasteiger partial charge on any atom is 0.188 e. The summed E-state index contributed by atoms with van der Waals surface area (Å²) in [6, 6.07) is 11.0. The molecule has 0 saturated carbocycles. The van der Waals surface area contributed by atoms with E-state index in [-0.39, 0.29) is 12.4 Å². The van der Waals surface area contributed by atoms with Crippen LogP contribution in [-0.2, 0) is 11.2 Å². The lowest BCUT2D eigenvalue weighted by atomic mass is 10.1. The molecular weight excluding hydrogens is 268 g/mol. The van der Waals surface area contributed by atoms with Crippen molar-refractivity contribution in [3.8, 4) is 0 Å². The van der Waals surface area contributed by atoms with Crippen molar-refractivity contribution in [2.75, 3.05) is 13.2 Å². The Morgan fingerprint density at radius 2 is 2.17 bits per heavy atom. The van der Waals surface area contributed by atoms with Crippen molar-refractivity contribution in [2.45, 2.75) is 6.42 Å². The summed E-state index contributed by atoms with van der Waals surface area (Å²) in [5, 5.41) is 2.60. The molecule has 1 heterocycles. The van der Waals surface area contributed by atoms with Gasteiger partial charge in [0.2, 0.25) is 0 Å². The molecule has 0 aliphatic rings. The number of rotatable bonds is 6. The van der Waals surface area contributed by atoms with Crippen molar-refractivity contribution in [1.82, 2.24) is 0 Å². The van der Waals surface area contributed by atoms with Gasteiger partial charge in [-0.2, -0.15) is 0 Å². The zero-order valence-electron chi connectivity index (χ0n) is 9.77. The van der Waals surface area contributed by atoms with Crippen molar-refractivity contribution < 1.29 is 9.53 Å². The van der Waals surface area contributed by atoms with Gasteiger partial charge < -0.3 is 4.74 Å². The Bertz CT molecular complexity index is 508. The van der Waals surface area contributed by atoms with Crippen LogP contribution in [0.4, 0.5) is 0 Å². The molecule has 0 atom stereocenters. The Morgan fingerprint density at radius 3 is 2.89 bits per heavy atom. The van der Waals surface area contributed by atoms with E-state index in [4.69, 9.17) is 16.3 Å². The third-order valence-electron chi connectivity index (χ3n) is 2.45. The van der Waals surface area contributed by atoms with E-state index in [1.54, 1.807) is 35.6 Å². The minimum atomic E-state index is -0.0383. The number of thiophene rings is 1. The Kier molecular flexibility index (Phi) is 4.93. The maximum absolute atomic E-state index is 11.8. The first kappa shape index (κ1) is 13.3. The van der Waals surface area contributed by atoms with Gasteiger partial charge in [0, 0.05) is 21.9 Å². The second-order valence-electron chi connectivity index (χ2n) is 3.82. The van der Waals surface area contributed by atoms with Gasteiger partial charge in [-0.1, -0.05) is 29.8 Å². The number of Topliss-reactive ketones (excluding diaryl/α,β-unsaturated/α-hetero) is 1. The molecular formula is C14H13ClO2S. The highest BCUT2D eigenvalue weighted by molar-refractivity contribution is 7.09. The second-order valence-corrected chi connectivity index (χ2v) is 5.28. The number of halogens is 1. The molecule has 18 heavy (non-hydrogen) atoms. The van der Waals surface area contributed by atoms with E-state index >= 15 is 0 Å². The molecule has 0 fully saturated rings. The normalized spacial score (nSPS) is 10.5. The van der Waals surface area contributed by atoms with Crippen LogP contribution in [0.2, 0.25) is 5.02 Å². The number of carbonyl (C=O) groups excluding carboxylic acids is 1. The summed E-state index contributed by atoms with van der Waals surface area (Å²) in [5.74, 6) is -0.0383. The van der Waals surface area contributed by atoms with Crippen LogP contribution in [0.15, 0.2) is 41.8 Å². The van der Waals surface area contributed by atoms with Crippen LogP contribution in [0.1, 0.15) is 15.2 Å². The molecule has 0 aliphatic carbocycles. The third-order valence-corrected chi connectivity index (χ3v) is 3.62. The molecule has 94 valence electrons. The number of ketones is 1. The summed E-state index contributed by atoms with van der Waals surface area (Å²) in [5.41, 5.74) is 0.596. The summed E-state index contributed by atoms with van der Waals surface area (Å²) in [7, 11) is 0. The van der Waals surface area contributed by atoms with Gasteiger partial charge in [0.05, 0.1) is 6.61 Å². The van der Waals surface area contributed by atoms with Crippen molar-refractivity contribution in [1.29, 1.82) is 0 Å². The van der Waals surface area contributed by atoms with E-state index in [1.165, 1.54) is 4.88 Å². The quantitative estimate of drug-likeness (QED) is 0.593. The number of carbonyl (C=O) groups is 1. The fraction of sp³-hybridized carbons (Fsp3) is 0.214. The Hall–Kier alpha value is -1.16. The highest BCUT2D eigenvalue weighted by Gasteiger charge is 2.06. The first-order chi connectivity index (χ1) is 8.75. The van der Waals surface area contributed by atoms with Crippen LogP contribution < -0.4 is 0 Å². The van der Waals surface area contributed by atoms with Crippen LogP contribution in [0.25, 0.3) is 0 Å². The zero-order valence-corrected chi connectivity index (χ0v) is 11.3. The number of hydrogen-bond donors (Lipinski definition) is 0. The summed E-state index contributed by atoms with van der Waals surface area (Å²) < 4.78 is 5.38. The molecule has 2 nitrogen and oxygen atoms in total. The topological polar surface area (TPSA) is 26.3 Å². The van der Waals surface area contributed by atoms with E-state index in [0.29, 0.717) is 17.2 Å². The molecule has 0 unspecified atom stereocenters. The molecule has 0 aliphatic heterocycles. The Morgan fingerprint density at radius 1 is 1.28 bits per heavy atom. The van der Waals surface area contributed by atoms with E-state index in [9.17, 15) is 4.79 Å². The fourth-order valence-electron chi connectivity index (χ4n) is 1.54. The largest absolute Gasteiger partial charge is 0.373 e. The number of hydrogen-bond acceptors (Lipinski definition) is 3. The van der Waals surface area contributed by atoms with E-state index in [2.05, 4.69) is 6.07 Å². The smallest absolute Gasteiger partial charge is 0.188 e. The average molecular weight is 281 g/mol. The van der Waals surface area contributed by atoms with E-state index in [0.717, 1.165) is 6.42 Å². The molecule has 2 aromatic rings. The van der Waals surface area contributed by atoms with Crippen molar-refractivity contribution in [3.63, 3.8) is 0 Å². The second kappa shape index (κ2) is 6.69.